The van der Waals surface area contributed by atoms with Gasteiger partial charge in [0.1, 0.15) is 11.9 Å². The first-order valence-corrected chi connectivity index (χ1v) is 4.52. The van der Waals surface area contributed by atoms with E-state index in [1.165, 1.54) is 12.1 Å². The number of amides is 3. The van der Waals surface area contributed by atoms with E-state index in [0.29, 0.717) is 5.02 Å². The second-order valence-corrected chi connectivity index (χ2v) is 3.50. The van der Waals surface area contributed by atoms with Crippen LogP contribution in [0.15, 0.2) is 18.2 Å². The molecule has 1 saturated heterocycles. The van der Waals surface area contributed by atoms with Crippen LogP contribution < -0.4 is 10.6 Å². The van der Waals surface area contributed by atoms with E-state index in [0.717, 1.165) is 6.07 Å². The summed E-state index contributed by atoms with van der Waals surface area (Å²) in [7, 11) is 0. The molecule has 4 nitrogen and oxygen atoms in total. The third-order valence-electron chi connectivity index (χ3n) is 2.04. The Balaban J connectivity index is 2.41. The van der Waals surface area contributed by atoms with Crippen LogP contribution in [0.3, 0.4) is 0 Å². The summed E-state index contributed by atoms with van der Waals surface area (Å²) in [5.74, 6) is -1.16. The average Bonchev–Trinajstić information content (AvgIpc) is 2.50. The fourth-order valence-corrected chi connectivity index (χ4v) is 1.55. The number of rotatable bonds is 1. The molecule has 1 aromatic rings. The van der Waals surface area contributed by atoms with Crippen molar-refractivity contribution in [2.45, 2.75) is 6.04 Å². The van der Waals surface area contributed by atoms with Gasteiger partial charge in [-0.15, -0.1) is 0 Å². The van der Waals surface area contributed by atoms with Crippen molar-refractivity contribution < 1.29 is 14.0 Å². The van der Waals surface area contributed by atoms with Gasteiger partial charge >= 0.3 is 6.03 Å². The number of halogens is 2. The van der Waals surface area contributed by atoms with Gasteiger partial charge in [0.2, 0.25) is 0 Å². The molecule has 0 bridgehead atoms. The van der Waals surface area contributed by atoms with Gasteiger partial charge in [0.25, 0.3) is 5.91 Å². The maximum absolute atomic E-state index is 13.3. The summed E-state index contributed by atoms with van der Waals surface area (Å²) in [6, 6.07) is 2.19. The Hall–Kier alpha value is -1.62. The first-order valence-electron chi connectivity index (χ1n) is 4.14. The van der Waals surface area contributed by atoms with Crippen LogP contribution in [0.1, 0.15) is 11.6 Å². The van der Waals surface area contributed by atoms with E-state index in [1.807, 2.05) is 5.32 Å². The Kier molecular flexibility index (Phi) is 2.32. The van der Waals surface area contributed by atoms with Crippen LogP contribution in [0.5, 0.6) is 0 Å². The fraction of sp³-hybridized carbons (Fsp3) is 0.111. The lowest BCUT2D eigenvalue weighted by Gasteiger charge is -2.08. The number of nitrogens with one attached hydrogen (secondary N) is 2. The summed E-state index contributed by atoms with van der Waals surface area (Å²) in [4.78, 5) is 22.1. The Morgan fingerprint density at radius 2 is 2.07 bits per heavy atom. The predicted octanol–water partition coefficient (Wildman–Crippen LogP) is 1.36. The van der Waals surface area contributed by atoms with Crippen molar-refractivity contribution in [3.05, 3.63) is 34.6 Å². The van der Waals surface area contributed by atoms with E-state index in [2.05, 4.69) is 5.32 Å². The van der Waals surface area contributed by atoms with Crippen molar-refractivity contribution in [2.24, 2.45) is 0 Å². The minimum Gasteiger partial charge on any atom is -0.322 e. The molecule has 2 rings (SSSR count). The van der Waals surface area contributed by atoms with E-state index in [-0.39, 0.29) is 5.56 Å². The van der Waals surface area contributed by atoms with Gasteiger partial charge in [0.15, 0.2) is 0 Å². The largest absolute Gasteiger partial charge is 0.322 e. The van der Waals surface area contributed by atoms with E-state index in [4.69, 9.17) is 11.6 Å². The van der Waals surface area contributed by atoms with Gasteiger partial charge < -0.3 is 5.32 Å². The van der Waals surface area contributed by atoms with Gasteiger partial charge in [0, 0.05) is 10.6 Å². The second kappa shape index (κ2) is 3.51. The van der Waals surface area contributed by atoms with Crippen LogP contribution in [0.25, 0.3) is 0 Å². The maximum atomic E-state index is 13.3. The highest BCUT2D eigenvalue weighted by Gasteiger charge is 2.32. The summed E-state index contributed by atoms with van der Waals surface area (Å²) in [6.45, 7) is 0. The molecular formula is C9H6ClFN2O2. The molecule has 1 aliphatic rings. The monoisotopic (exact) mass is 228 g/mol. The predicted molar refractivity (Wildman–Crippen MR) is 50.8 cm³/mol. The lowest BCUT2D eigenvalue weighted by atomic mass is 10.1. The first-order chi connectivity index (χ1) is 7.08. The Bertz CT molecular complexity index is 450. The third kappa shape index (κ3) is 1.78. The molecule has 0 aromatic heterocycles. The molecular weight excluding hydrogens is 223 g/mol. The SMILES string of the molecule is O=C1NC(=O)C(c2cc(Cl)ccc2F)N1. The molecule has 0 radical (unpaired) electrons. The Morgan fingerprint density at radius 3 is 2.67 bits per heavy atom. The van der Waals surface area contributed by atoms with Crippen molar-refractivity contribution >= 4 is 23.5 Å². The molecule has 2 N–H and O–H groups in total. The van der Waals surface area contributed by atoms with E-state index < -0.39 is 23.8 Å². The molecule has 0 aliphatic carbocycles. The molecule has 0 saturated carbocycles. The third-order valence-corrected chi connectivity index (χ3v) is 2.28. The normalized spacial score (nSPS) is 20.0. The van der Waals surface area contributed by atoms with Gasteiger partial charge in [-0.25, -0.2) is 9.18 Å². The molecule has 1 aromatic carbocycles. The molecule has 0 spiro atoms. The number of imide groups is 1. The zero-order valence-corrected chi connectivity index (χ0v) is 8.14. The van der Waals surface area contributed by atoms with E-state index in [9.17, 15) is 14.0 Å². The minimum absolute atomic E-state index is 0.0610. The lowest BCUT2D eigenvalue weighted by molar-refractivity contribution is -0.120. The Labute approximate surface area is 89.4 Å². The van der Waals surface area contributed by atoms with Gasteiger partial charge in [-0.2, -0.15) is 0 Å². The summed E-state index contributed by atoms with van der Waals surface area (Å²) < 4.78 is 13.3. The van der Waals surface area contributed by atoms with Gasteiger partial charge in [0.05, 0.1) is 0 Å². The molecule has 3 amide bonds. The summed E-state index contributed by atoms with van der Waals surface area (Å²) >= 11 is 5.67. The van der Waals surface area contributed by atoms with Crippen molar-refractivity contribution in [3.63, 3.8) is 0 Å². The van der Waals surface area contributed by atoms with Gasteiger partial charge in [-0.3, -0.25) is 10.1 Å². The van der Waals surface area contributed by atoms with Crippen LogP contribution in [0.4, 0.5) is 9.18 Å². The number of urea groups is 1. The summed E-state index contributed by atoms with van der Waals surface area (Å²) in [5, 5.41) is 4.61. The van der Waals surface area contributed by atoms with Crippen LogP contribution in [-0.2, 0) is 4.79 Å². The molecule has 1 atom stereocenters. The molecule has 1 heterocycles. The highest BCUT2D eigenvalue weighted by Crippen LogP contribution is 2.23. The molecule has 15 heavy (non-hydrogen) atoms. The molecule has 6 heteroatoms. The zero-order valence-electron chi connectivity index (χ0n) is 7.38. The van der Waals surface area contributed by atoms with Crippen molar-refractivity contribution in [1.82, 2.24) is 10.6 Å². The Morgan fingerprint density at radius 1 is 1.33 bits per heavy atom. The topological polar surface area (TPSA) is 58.2 Å². The van der Waals surface area contributed by atoms with Gasteiger partial charge in [-0.1, -0.05) is 11.6 Å². The minimum atomic E-state index is -1.00. The molecule has 1 fully saturated rings. The zero-order chi connectivity index (χ0) is 11.0. The highest BCUT2D eigenvalue weighted by molar-refractivity contribution is 6.30. The first kappa shape index (κ1) is 9.92. The number of benzene rings is 1. The van der Waals surface area contributed by atoms with Crippen LogP contribution >= 0.6 is 11.6 Å². The van der Waals surface area contributed by atoms with Crippen LogP contribution in [-0.4, -0.2) is 11.9 Å². The number of hydrogen-bond acceptors (Lipinski definition) is 2. The maximum Gasteiger partial charge on any atom is 0.322 e. The summed E-state index contributed by atoms with van der Waals surface area (Å²) in [5.41, 5.74) is 0.0610. The number of carbonyl (C=O) groups excluding carboxylic acids is 2. The summed E-state index contributed by atoms with van der Waals surface area (Å²) in [6.07, 6.45) is 0. The number of carbonyl (C=O) groups is 2. The number of hydrogen-bond donors (Lipinski definition) is 2. The van der Waals surface area contributed by atoms with E-state index in [1.54, 1.807) is 0 Å². The van der Waals surface area contributed by atoms with Crippen LogP contribution in [0.2, 0.25) is 5.02 Å². The molecule has 1 unspecified atom stereocenters. The highest BCUT2D eigenvalue weighted by atomic mass is 35.5. The van der Waals surface area contributed by atoms with Crippen molar-refractivity contribution in [3.8, 4) is 0 Å². The van der Waals surface area contributed by atoms with Crippen molar-refractivity contribution in [2.75, 3.05) is 0 Å². The molecule has 1 aliphatic heterocycles. The lowest BCUT2D eigenvalue weighted by Crippen LogP contribution is -2.22. The fourth-order valence-electron chi connectivity index (χ4n) is 1.37. The quantitative estimate of drug-likeness (QED) is 0.713. The average molecular weight is 229 g/mol. The second-order valence-electron chi connectivity index (χ2n) is 3.06. The smallest absolute Gasteiger partial charge is 0.322 e. The standard InChI is InChI=1S/C9H6ClFN2O2/c10-4-1-2-6(11)5(3-4)7-8(14)13-9(15)12-7/h1-3,7H,(H2,12,13,14,15). The van der Waals surface area contributed by atoms with Crippen LogP contribution in [0, 0.1) is 5.82 Å². The van der Waals surface area contributed by atoms with Gasteiger partial charge in [-0.05, 0) is 18.2 Å². The molecule has 78 valence electrons. The van der Waals surface area contributed by atoms with E-state index >= 15 is 0 Å². The van der Waals surface area contributed by atoms with Crippen molar-refractivity contribution in [1.29, 1.82) is 0 Å².